The third-order valence-corrected chi connectivity index (χ3v) is 6.41. The lowest BCUT2D eigenvalue weighted by Crippen LogP contribution is -3.00. The van der Waals surface area contributed by atoms with Crippen LogP contribution in [-0.2, 0) is 19.1 Å². The molecule has 2 atom stereocenters. The normalized spacial score (nSPS) is 18.2. The van der Waals surface area contributed by atoms with Crippen LogP contribution in [0.15, 0.2) is 35.1 Å². The summed E-state index contributed by atoms with van der Waals surface area (Å²) in [6, 6.07) is 6.16. The lowest BCUT2D eigenvalue weighted by molar-refractivity contribution is -0.873. The number of esters is 1. The first-order chi connectivity index (χ1) is 18.5. The minimum atomic E-state index is -0.583. The Kier molecular flexibility index (Phi) is 10.2. The highest BCUT2D eigenvalue weighted by molar-refractivity contribution is 5.90. The summed E-state index contributed by atoms with van der Waals surface area (Å²) in [6.45, 7) is 3.89. The maximum atomic E-state index is 15.2. The molecule has 0 bridgehead atoms. The van der Waals surface area contributed by atoms with Gasteiger partial charge in [0.2, 0.25) is 5.91 Å². The Morgan fingerprint density at radius 2 is 1.90 bits per heavy atom. The smallest absolute Gasteiger partial charge is 0.414 e. The van der Waals surface area contributed by atoms with Gasteiger partial charge in [0.05, 0.1) is 45.5 Å². The van der Waals surface area contributed by atoms with Crippen molar-refractivity contribution in [2.45, 2.75) is 25.6 Å². The number of halogens is 2. The summed E-state index contributed by atoms with van der Waals surface area (Å²) in [5.74, 6) is -0.697. The summed E-state index contributed by atoms with van der Waals surface area (Å²) < 4.78 is 36.6. The Balaban J connectivity index is 0.00000441. The molecule has 2 aliphatic rings. The van der Waals surface area contributed by atoms with Crippen LogP contribution in [0.5, 0.6) is 5.88 Å². The number of cyclic esters (lactones) is 1. The summed E-state index contributed by atoms with van der Waals surface area (Å²) in [5.41, 5.74) is 0.778. The zero-order valence-electron chi connectivity index (χ0n) is 23.0. The number of hydrogen-bond acceptors (Lipinski definition) is 9. The second kappa shape index (κ2) is 13.2. The van der Waals surface area contributed by atoms with Gasteiger partial charge in [-0.2, -0.15) is 0 Å². The van der Waals surface area contributed by atoms with Gasteiger partial charge in [-0.05, 0) is 23.4 Å². The van der Waals surface area contributed by atoms with Crippen LogP contribution in [0.2, 0.25) is 0 Å². The third-order valence-electron chi connectivity index (χ3n) is 6.41. The predicted octanol–water partition coefficient (Wildman–Crippen LogP) is -1.10. The number of carbonyl (C=O) groups excluding carboxylic acids is 3. The maximum Gasteiger partial charge on any atom is 0.414 e. The van der Waals surface area contributed by atoms with Crippen molar-refractivity contribution >= 4 is 29.3 Å². The Hall–Kier alpha value is -3.58. The molecule has 2 aromatic rings. The summed E-state index contributed by atoms with van der Waals surface area (Å²) in [7, 11) is 5.92. The molecule has 12 nitrogen and oxygen atoms in total. The van der Waals surface area contributed by atoms with Gasteiger partial charge in [0.25, 0.3) is 5.88 Å². The van der Waals surface area contributed by atoms with Crippen LogP contribution >= 0.6 is 0 Å². The minimum absolute atomic E-state index is 0. The number of piperazine rings is 1. The maximum absolute atomic E-state index is 15.2. The molecule has 0 N–H and O–H groups in total. The summed E-state index contributed by atoms with van der Waals surface area (Å²) in [6.07, 6.45) is -0.150. The molecule has 0 saturated carbocycles. The monoisotopic (exact) mass is 583 g/mol. The standard InChI is InChI=1S/C26H35FN5O7.ClH/c1-18(33)38-20(16-32(2,3)4)14-25(34)30-10-8-29(9-11-30)23-6-5-19(13-22(23)27)31-15-21(39-26(31)35)17-36-24-7-12-37-28-24;/h5-7,12-13,20-21H,8-11,14-17H2,1-4H3;1H/q+1;/p-1/t20-,21-;/m1./s1. The molecule has 2 fully saturated rings. The van der Waals surface area contributed by atoms with Crippen LogP contribution in [0.25, 0.3) is 0 Å². The topological polar surface area (TPSA) is 115 Å². The first kappa shape index (κ1) is 31.0. The fourth-order valence-corrected chi connectivity index (χ4v) is 4.70. The molecule has 14 heteroatoms. The Labute approximate surface area is 238 Å². The fourth-order valence-electron chi connectivity index (χ4n) is 4.70. The highest BCUT2D eigenvalue weighted by Crippen LogP contribution is 2.29. The van der Waals surface area contributed by atoms with E-state index in [2.05, 4.69) is 5.16 Å². The van der Waals surface area contributed by atoms with Crippen molar-refractivity contribution in [2.75, 3.05) is 76.8 Å². The third kappa shape index (κ3) is 8.21. The Morgan fingerprint density at radius 3 is 2.50 bits per heavy atom. The van der Waals surface area contributed by atoms with Crippen molar-refractivity contribution in [3.63, 3.8) is 0 Å². The van der Waals surface area contributed by atoms with E-state index in [9.17, 15) is 14.4 Å². The van der Waals surface area contributed by atoms with E-state index in [0.29, 0.717) is 48.6 Å². The average Bonchev–Trinajstić information content (AvgIpc) is 3.51. The predicted molar refractivity (Wildman–Crippen MR) is 138 cm³/mol. The molecule has 2 aliphatic heterocycles. The number of rotatable bonds is 10. The largest absolute Gasteiger partial charge is 1.00 e. The van der Waals surface area contributed by atoms with Gasteiger partial charge in [-0.15, -0.1) is 0 Å². The molecule has 2 amide bonds. The van der Waals surface area contributed by atoms with Crippen LogP contribution in [-0.4, -0.2) is 112 Å². The quantitative estimate of drug-likeness (QED) is 0.254. The molecule has 4 rings (SSSR count). The van der Waals surface area contributed by atoms with Crippen LogP contribution in [0.4, 0.5) is 20.6 Å². The fraction of sp³-hybridized carbons (Fsp3) is 0.538. The number of benzene rings is 1. The van der Waals surface area contributed by atoms with Crippen LogP contribution in [0.1, 0.15) is 13.3 Å². The van der Waals surface area contributed by atoms with E-state index in [4.69, 9.17) is 18.7 Å². The molecule has 1 aromatic heterocycles. The van der Waals surface area contributed by atoms with Gasteiger partial charge in [0.15, 0.2) is 12.2 Å². The number of nitrogens with zero attached hydrogens (tertiary/aromatic N) is 5. The number of hydrogen-bond donors (Lipinski definition) is 0. The first-order valence-electron chi connectivity index (χ1n) is 12.8. The summed E-state index contributed by atoms with van der Waals surface area (Å²) >= 11 is 0. The van der Waals surface area contributed by atoms with Gasteiger partial charge in [-0.25, -0.2) is 9.18 Å². The number of amides is 2. The SMILES string of the molecule is CC(=O)O[C@H](CC(=O)N1CCN(c2ccc(N3C[C@H](COc4ccon4)OC3=O)cc2F)CC1)C[N+](C)(C)C.[Cl-]. The highest BCUT2D eigenvalue weighted by Gasteiger charge is 2.34. The lowest BCUT2D eigenvalue weighted by Gasteiger charge is -2.37. The highest BCUT2D eigenvalue weighted by atomic mass is 35.5. The number of ether oxygens (including phenoxy) is 3. The van der Waals surface area contributed by atoms with Gasteiger partial charge in [-0.1, -0.05) is 0 Å². The first-order valence-corrected chi connectivity index (χ1v) is 12.8. The molecule has 2 saturated heterocycles. The number of quaternary nitrogens is 1. The molecule has 0 unspecified atom stereocenters. The van der Waals surface area contributed by atoms with E-state index >= 15 is 4.39 Å². The molecule has 0 radical (unpaired) electrons. The van der Waals surface area contributed by atoms with Crippen LogP contribution in [0.3, 0.4) is 0 Å². The summed E-state index contributed by atoms with van der Waals surface area (Å²) in [5, 5.41) is 3.64. The zero-order chi connectivity index (χ0) is 28.2. The van der Waals surface area contributed by atoms with E-state index in [1.165, 1.54) is 24.2 Å². The number of likely N-dealkylation sites (N-methyl/N-ethyl adjacent to an activating group) is 1. The molecular weight excluding hydrogens is 549 g/mol. The minimum Gasteiger partial charge on any atom is -1.00 e. The lowest BCUT2D eigenvalue weighted by atomic mass is 10.1. The van der Waals surface area contributed by atoms with Crippen molar-refractivity contribution in [3.05, 3.63) is 36.3 Å². The van der Waals surface area contributed by atoms with E-state index in [1.807, 2.05) is 26.0 Å². The average molecular weight is 584 g/mol. The number of anilines is 2. The van der Waals surface area contributed by atoms with Gasteiger partial charge >= 0.3 is 12.1 Å². The van der Waals surface area contributed by atoms with Crippen molar-refractivity contribution < 1.29 is 54.4 Å². The second-order valence-corrected chi connectivity index (χ2v) is 10.7. The molecule has 3 heterocycles. The van der Waals surface area contributed by atoms with E-state index < -0.39 is 30.1 Å². The molecule has 0 spiro atoms. The number of aromatic nitrogens is 1. The van der Waals surface area contributed by atoms with Gasteiger partial charge in [0.1, 0.15) is 25.2 Å². The van der Waals surface area contributed by atoms with E-state index in [1.54, 1.807) is 23.1 Å². The molecule has 40 heavy (non-hydrogen) atoms. The van der Waals surface area contributed by atoms with E-state index in [0.717, 1.165) is 0 Å². The van der Waals surface area contributed by atoms with Crippen molar-refractivity contribution in [3.8, 4) is 5.88 Å². The van der Waals surface area contributed by atoms with Crippen molar-refractivity contribution in [1.82, 2.24) is 10.1 Å². The number of carbonyl (C=O) groups is 3. The molecule has 220 valence electrons. The molecule has 1 aromatic carbocycles. The molecule has 0 aliphatic carbocycles. The summed E-state index contributed by atoms with van der Waals surface area (Å²) in [4.78, 5) is 41.7. The Morgan fingerprint density at radius 1 is 1.18 bits per heavy atom. The van der Waals surface area contributed by atoms with Gasteiger partial charge in [0, 0.05) is 39.2 Å². The van der Waals surface area contributed by atoms with Crippen LogP contribution in [0, 0.1) is 5.82 Å². The van der Waals surface area contributed by atoms with Crippen molar-refractivity contribution in [2.24, 2.45) is 0 Å². The Bertz CT molecular complexity index is 1170. The van der Waals surface area contributed by atoms with Gasteiger partial charge in [-0.3, -0.25) is 14.5 Å². The van der Waals surface area contributed by atoms with E-state index in [-0.39, 0.29) is 43.8 Å². The second-order valence-electron chi connectivity index (χ2n) is 10.7. The zero-order valence-corrected chi connectivity index (χ0v) is 23.8. The van der Waals surface area contributed by atoms with Gasteiger partial charge < -0.3 is 45.4 Å². The van der Waals surface area contributed by atoms with Crippen molar-refractivity contribution in [1.29, 1.82) is 0 Å². The molecular formula is C26H35ClFN5O7. The van der Waals surface area contributed by atoms with Crippen LogP contribution < -0.4 is 26.9 Å².